The Bertz CT molecular complexity index is 659. The molecule has 0 unspecified atom stereocenters. The normalized spacial score (nSPS) is 11.4. The van der Waals surface area contributed by atoms with Gasteiger partial charge < -0.3 is 5.32 Å². The van der Waals surface area contributed by atoms with E-state index in [4.69, 9.17) is 5.26 Å². The number of carbonyl (C=O) groups is 1. The highest BCUT2D eigenvalue weighted by Crippen LogP contribution is 2.17. The van der Waals surface area contributed by atoms with Crippen molar-refractivity contribution in [2.75, 3.05) is 0 Å². The third-order valence-corrected chi connectivity index (χ3v) is 3.50. The van der Waals surface area contributed by atoms with Crippen LogP contribution in [0.2, 0.25) is 0 Å². The van der Waals surface area contributed by atoms with Gasteiger partial charge in [0.25, 0.3) is 5.91 Å². The Kier molecular flexibility index (Phi) is 4.54. The topological polar surface area (TPSA) is 52.9 Å². The fourth-order valence-electron chi connectivity index (χ4n) is 1.84. The van der Waals surface area contributed by atoms with Gasteiger partial charge >= 0.3 is 0 Å². The van der Waals surface area contributed by atoms with Crippen LogP contribution in [0.25, 0.3) is 0 Å². The van der Waals surface area contributed by atoms with Crippen LogP contribution >= 0.6 is 15.9 Å². The highest BCUT2D eigenvalue weighted by atomic mass is 79.9. The molecule has 2 rings (SSSR count). The van der Waals surface area contributed by atoms with Crippen LogP contribution < -0.4 is 5.32 Å². The van der Waals surface area contributed by atoms with Gasteiger partial charge in [-0.05, 0) is 42.8 Å². The van der Waals surface area contributed by atoms with Crippen LogP contribution in [0.1, 0.15) is 34.5 Å². The number of nitrogens with zero attached hydrogens (tertiary/aromatic N) is 1. The van der Waals surface area contributed by atoms with Crippen LogP contribution in [0.5, 0.6) is 0 Å². The fourth-order valence-corrected chi connectivity index (χ4v) is 2.11. The Hall–Kier alpha value is -2.12. The SMILES string of the molecule is C[C@H](NC(=O)c1cccc(C#N)c1)c1ccc(Br)cc1. The molecule has 1 atom stereocenters. The summed E-state index contributed by atoms with van der Waals surface area (Å²) in [5.74, 6) is -0.183. The Morgan fingerprint density at radius 3 is 2.60 bits per heavy atom. The molecule has 1 amide bonds. The molecular weight excluding hydrogens is 316 g/mol. The van der Waals surface area contributed by atoms with Gasteiger partial charge in [0.2, 0.25) is 0 Å². The van der Waals surface area contributed by atoms with Crippen LogP contribution in [0, 0.1) is 11.3 Å². The summed E-state index contributed by atoms with van der Waals surface area (Å²) in [6.45, 7) is 1.93. The van der Waals surface area contributed by atoms with Crippen molar-refractivity contribution in [3.05, 3.63) is 69.7 Å². The number of rotatable bonds is 3. The molecule has 0 heterocycles. The summed E-state index contributed by atoms with van der Waals surface area (Å²) in [4.78, 5) is 12.1. The van der Waals surface area contributed by atoms with Gasteiger partial charge in [-0.15, -0.1) is 0 Å². The van der Waals surface area contributed by atoms with Crippen molar-refractivity contribution < 1.29 is 4.79 Å². The molecule has 3 nitrogen and oxygen atoms in total. The van der Waals surface area contributed by atoms with Gasteiger partial charge in [0.1, 0.15) is 0 Å². The number of hydrogen-bond acceptors (Lipinski definition) is 2. The second kappa shape index (κ2) is 6.36. The molecule has 0 aromatic heterocycles. The van der Waals surface area contributed by atoms with Crippen LogP contribution in [0.4, 0.5) is 0 Å². The number of benzene rings is 2. The van der Waals surface area contributed by atoms with E-state index in [1.54, 1.807) is 24.3 Å². The maximum absolute atomic E-state index is 12.1. The monoisotopic (exact) mass is 328 g/mol. The summed E-state index contributed by atoms with van der Waals surface area (Å²) in [5, 5.41) is 11.8. The third kappa shape index (κ3) is 3.46. The highest BCUT2D eigenvalue weighted by Gasteiger charge is 2.11. The largest absolute Gasteiger partial charge is 0.346 e. The Labute approximate surface area is 126 Å². The van der Waals surface area contributed by atoms with Gasteiger partial charge in [-0.3, -0.25) is 4.79 Å². The third-order valence-electron chi connectivity index (χ3n) is 2.97. The molecule has 0 bridgehead atoms. The van der Waals surface area contributed by atoms with Crippen molar-refractivity contribution in [2.24, 2.45) is 0 Å². The zero-order valence-corrected chi connectivity index (χ0v) is 12.5. The summed E-state index contributed by atoms with van der Waals surface area (Å²) in [7, 11) is 0. The zero-order chi connectivity index (χ0) is 14.5. The number of nitriles is 1. The van der Waals surface area contributed by atoms with Crippen LogP contribution in [-0.4, -0.2) is 5.91 Å². The maximum atomic E-state index is 12.1. The summed E-state index contributed by atoms with van der Waals surface area (Å²) in [5.41, 5.74) is 2.00. The van der Waals surface area contributed by atoms with Crippen molar-refractivity contribution in [3.8, 4) is 6.07 Å². The Morgan fingerprint density at radius 2 is 1.95 bits per heavy atom. The summed E-state index contributed by atoms with van der Waals surface area (Å²) in [6.07, 6.45) is 0. The van der Waals surface area contributed by atoms with Gasteiger partial charge in [0.05, 0.1) is 17.7 Å². The van der Waals surface area contributed by atoms with Crippen molar-refractivity contribution in [3.63, 3.8) is 0 Å². The van der Waals surface area contributed by atoms with E-state index in [0.29, 0.717) is 11.1 Å². The summed E-state index contributed by atoms with van der Waals surface area (Å²) >= 11 is 3.38. The smallest absolute Gasteiger partial charge is 0.251 e. The first-order valence-electron chi connectivity index (χ1n) is 6.16. The summed E-state index contributed by atoms with van der Waals surface area (Å²) < 4.78 is 1.00. The van der Waals surface area contributed by atoms with Gasteiger partial charge in [-0.1, -0.05) is 34.1 Å². The number of hydrogen-bond donors (Lipinski definition) is 1. The molecule has 0 spiro atoms. The molecule has 4 heteroatoms. The van der Waals surface area contributed by atoms with Crippen molar-refractivity contribution in [1.29, 1.82) is 5.26 Å². The number of halogens is 1. The molecule has 100 valence electrons. The first kappa shape index (κ1) is 14.3. The minimum atomic E-state index is -0.183. The van der Waals surface area contributed by atoms with E-state index in [-0.39, 0.29) is 11.9 Å². The average Bonchev–Trinajstić information content (AvgIpc) is 2.47. The molecule has 0 radical (unpaired) electrons. The first-order chi connectivity index (χ1) is 9.60. The molecule has 2 aromatic carbocycles. The minimum absolute atomic E-state index is 0.0960. The lowest BCUT2D eigenvalue weighted by Crippen LogP contribution is -2.26. The van der Waals surface area contributed by atoms with Gasteiger partial charge in [0.15, 0.2) is 0 Å². The fraction of sp³-hybridized carbons (Fsp3) is 0.125. The molecule has 0 saturated heterocycles. The Morgan fingerprint density at radius 1 is 1.25 bits per heavy atom. The van der Waals surface area contributed by atoms with E-state index in [1.807, 2.05) is 37.3 Å². The molecule has 1 N–H and O–H groups in total. The van der Waals surface area contributed by atoms with Crippen LogP contribution in [0.3, 0.4) is 0 Å². The molecule has 0 fully saturated rings. The first-order valence-corrected chi connectivity index (χ1v) is 6.96. The van der Waals surface area contributed by atoms with E-state index < -0.39 is 0 Å². The van der Waals surface area contributed by atoms with E-state index in [1.165, 1.54) is 0 Å². The predicted octanol–water partition coefficient (Wildman–Crippen LogP) is 3.81. The van der Waals surface area contributed by atoms with Gasteiger partial charge in [-0.2, -0.15) is 5.26 Å². The van der Waals surface area contributed by atoms with Crippen molar-refractivity contribution in [2.45, 2.75) is 13.0 Å². The molecule has 0 aliphatic rings. The summed E-state index contributed by atoms with van der Waals surface area (Å²) in [6, 6.07) is 16.4. The molecule has 2 aromatic rings. The quantitative estimate of drug-likeness (QED) is 0.931. The second-order valence-electron chi connectivity index (χ2n) is 4.44. The van der Waals surface area contributed by atoms with Gasteiger partial charge in [-0.25, -0.2) is 0 Å². The van der Waals surface area contributed by atoms with E-state index in [2.05, 4.69) is 21.2 Å². The molecule has 0 aliphatic heterocycles. The van der Waals surface area contributed by atoms with Crippen molar-refractivity contribution >= 4 is 21.8 Å². The van der Waals surface area contributed by atoms with Crippen molar-refractivity contribution in [1.82, 2.24) is 5.32 Å². The van der Waals surface area contributed by atoms with E-state index >= 15 is 0 Å². The predicted molar refractivity (Wildman–Crippen MR) is 81.2 cm³/mol. The van der Waals surface area contributed by atoms with E-state index in [0.717, 1.165) is 10.0 Å². The number of nitrogens with one attached hydrogen (secondary N) is 1. The Balaban J connectivity index is 2.11. The van der Waals surface area contributed by atoms with Crippen LogP contribution in [-0.2, 0) is 0 Å². The second-order valence-corrected chi connectivity index (χ2v) is 5.35. The lowest BCUT2D eigenvalue weighted by molar-refractivity contribution is 0.0940. The molecule has 0 saturated carbocycles. The lowest BCUT2D eigenvalue weighted by Gasteiger charge is -2.14. The molecule has 0 aliphatic carbocycles. The number of amides is 1. The number of carbonyl (C=O) groups excluding carboxylic acids is 1. The standard InChI is InChI=1S/C16H13BrN2O/c1-11(13-5-7-15(17)8-6-13)19-16(20)14-4-2-3-12(9-14)10-18/h2-9,11H,1H3,(H,19,20)/t11-/m0/s1. The molecular formula is C16H13BrN2O. The highest BCUT2D eigenvalue weighted by molar-refractivity contribution is 9.10. The minimum Gasteiger partial charge on any atom is -0.346 e. The lowest BCUT2D eigenvalue weighted by atomic mass is 10.1. The zero-order valence-electron chi connectivity index (χ0n) is 10.9. The van der Waals surface area contributed by atoms with Crippen LogP contribution in [0.15, 0.2) is 53.0 Å². The maximum Gasteiger partial charge on any atom is 0.251 e. The average molecular weight is 329 g/mol. The van der Waals surface area contributed by atoms with E-state index in [9.17, 15) is 4.79 Å². The molecule has 20 heavy (non-hydrogen) atoms. The van der Waals surface area contributed by atoms with Gasteiger partial charge in [0, 0.05) is 10.0 Å².